The van der Waals surface area contributed by atoms with Gasteiger partial charge < -0.3 is 4.74 Å². The van der Waals surface area contributed by atoms with Crippen LogP contribution >= 0.6 is 0 Å². The first-order valence-corrected chi connectivity index (χ1v) is 10.3. The van der Waals surface area contributed by atoms with Crippen molar-refractivity contribution in [2.75, 3.05) is 7.11 Å². The molecule has 0 heterocycles. The number of carbonyl (C=O) groups is 1. The third-order valence-corrected chi connectivity index (χ3v) is 8.67. The summed E-state index contributed by atoms with van der Waals surface area (Å²) in [4.78, 5) is 11.2. The van der Waals surface area contributed by atoms with Gasteiger partial charge in [0.15, 0.2) is 0 Å². The van der Waals surface area contributed by atoms with Gasteiger partial charge in [0.25, 0.3) is 0 Å². The van der Waals surface area contributed by atoms with Crippen molar-refractivity contribution in [1.82, 2.24) is 0 Å². The average Bonchev–Trinajstić information content (AvgIpc) is 2.43. The van der Waals surface area contributed by atoms with Gasteiger partial charge in [0.05, 0.1) is 15.2 Å². The number of hydrogen-bond donors (Lipinski definition) is 0. The van der Waals surface area contributed by atoms with Crippen LogP contribution in [-0.4, -0.2) is 21.2 Å². The lowest BCUT2D eigenvalue weighted by Gasteiger charge is -2.35. The average molecular weight is 290 g/mol. The van der Waals surface area contributed by atoms with Gasteiger partial charge in [-0.25, -0.2) is 4.79 Å². The summed E-state index contributed by atoms with van der Waals surface area (Å²) < 4.78 is 4.65. The van der Waals surface area contributed by atoms with Gasteiger partial charge in [-0.05, 0) is 17.9 Å². The first kappa shape index (κ1) is 16.7. The highest BCUT2D eigenvalue weighted by atomic mass is 28.3. The molecule has 1 aromatic carbocycles. The number of carbonyl (C=O) groups excluding carboxylic acids is 1. The van der Waals surface area contributed by atoms with Crippen LogP contribution in [0.3, 0.4) is 0 Å². The van der Waals surface area contributed by atoms with Gasteiger partial charge >= 0.3 is 5.97 Å². The lowest BCUT2D eigenvalue weighted by molar-refractivity contribution is -0.134. The van der Waals surface area contributed by atoms with Crippen molar-refractivity contribution in [2.24, 2.45) is 5.92 Å². The summed E-state index contributed by atoms with van der Waals surface area (Å²) in [5.41, 5.74) is 0.603. The SMILES string of the molecule is COC(=O)/C=C/CC(C(C)C)[Si](C)(C)c1ccccc1. The Balaban J connectivity index is 2.90. The molecule has 1 aromatic rings. The van der Waals surface area contributed by atoms with Crippen molar-refractivity contribution in [1.29, 1.82) is 0 Å². The first-order chi connectivity index (χ1) is 9.39. The molecule has 0 bridgehead atoms. The molecule has 0 N–H and O–H groups in total. The second kappa shape index (κ2) is 7.43. The zero-order valence-corrected chi connectivity index (χ0v) is 14.2. The quantitative estimate of drug-likeness (QED) is 0.453. The van der Waals surface area contributed by atoms with Crippen molar-refractivity contribution in [2.45, 2.75) is 38.9 Å². The van der Waals surface area contributed by atoms with Crippen molar-refractivity contribution in [3.8, 4) is 0 Å². The summed E-state index contributed by atoms with van der Waals surface area (Å²) in [6.07, 6.45) is 4.44. The maximum absolute atomic E-state index is 11.2. The molecule has 3 heteroatoms. The van der Waals surface area contributed by atoms with Crippen molar-refractivity contribution >= 4 is 19.2 Å². The predicted molar refractivity (Wildman–Crippen MR) is 87.9 cm³/mol. The van der Waals surface area contributed by atoms with Crippen LogP contribution in [0.4, 0.5) is 0 Å². The highest BCUT2D eigenvalue weighted by Crippen LogP contribution is 2.33. The molecular weight excluding hydrogens is 264 g/mol. The van der Waals surface area contributed by atoms with E-state index in [9.17, 15) is 4.79 Å². The molecular formula is C17H26O2Si. The Morgan fingerprint density at radius 3 is 2.35 bits per heavy atom. The molecule has 0 fully saturated rings. The molecule has 0 amide bonds. The van der Waals surface area contributed by atoms with Gasteiger partial charge in [-0.3, -0.25) is 0 Å². The molecule has 2 nitrogen and oxygen atoms in total. The first-order valence-electron chi connectivity index (χ1n) is 7.19. The van der Waals surface area contributed by atoms with E-state index in [0.717, 1.165) is 6.42 Å². The van der Waals surface area contributed by atoms with Crippen LogP contribution in [0.25, 0.3) is 0 Å². The van der Waals surface area contributed by atoms with Crippen LogP contribution in [0.5, 0.6) is 0 Å². The highest BCUT2D eigenvalue weighted by Gasteiger charge is 2.34. The van der Waals surface area contributed by atoms with Gasteiger partial charge in [0.1, 0.15) is 0 Å². The third-order valence-electron chi connectivity index (χ3n) is 4.09. The van der Waals surface area contributed by atoms with Gasteiger partial charge in [-0.1, -0.05) is 68.5 Å². The molecule has 20 heavy (non-hydrogen) atoms. The highest BCUT2D eigenvalue weighted by molar-refractivity contribution is 6.91. The lowest BCUT2D eigenvalue weighted by Crippen LogP contribution is -2.47. The van der Waals surface area contributed by atoms with Crippen LogP contribution in [0.1, 0.15) is 20.3 Å². The van der Waals surface area contributed by atoms with Crippen LogP contribution in [0.2, 0.25) is 18.6 Å². The Kier molecular flexibility index (Phi) is 6.21. The Labute approximate surface area is 123 Å². The standard InChI is InChI=1S/C17H26O2Si/c1-14(2)16(12-9-13-17(18)19-3)20(4,5)15-10-7-6-8-11-15/h6-11,13-14,16H,12H2,1-5H3/b13-9+. The zero-order valence-electron chi connectivity index (χ0n) is 13.2. The molecule has 0 spiro atoms. The minimum absolute atomic E-state index is 0.272. The number of allylic oxidation sites excluding steroid dienone is 1. The maximum atomic E-state index is 11.2. The Hall–Kier alpha value is -1.35. The molecule has 110 valence electrons. The number of rotatable bonds is 6. The Morgan fingerprint density at radius 1 is 1.25 bits per heavy atom. The van der Waals surface area contributed by atoms with E-state index < -0.39 is 8.07 Å². The monoisotopic (exact) mass is 290 g/mol. The van der Waals surface area contributed by atoms with E-state index in [1.165, 1.54) is 12.3 Å². The van der Waals surface area contributed by atoms with Crippen molar-refractivity contribution in [3.63, 3.8) is 0 Å². The largest absolute Gasteiger partial charge is 0.466 e. The van der Waals surface area contributed by atoms with Crippen LogP contribution in [-0.2, 0) is 9.53 Å². The molecule has 0 aliphatic carbocycles. The number of ether oxygens (including phenoxy) is 1. The Bertz CT molecular complexity index is 449. The van der Waals surface area contributed by atoms with Crippen molar-refractivity contribution in [3.05, 3.63) is 42.5 Å². The molecule has 1 unspecified atom stereocenters. The van der Waals surface area contributed by atoms with E-state index in [0.29, 0.717) is 11.5 Å². The van der Waals surface area contributed by atoms with E-state index in [-0.39, 0.29) is 5.97 Å². The molecule has 0 saturated heterocycles. The number of hydrogen-bond acceptors (Lipinski definition) is 2. The number of methoxy groups -OCH3 is 1. The van der Waals surface area contributed by atoms with E-state index in [1.807, 2.05) is 6.08 Å². The third kappa shape index (κ3) is 4.34. The van der Waals surface area contributed by atoms with Crippen LogP contribution < -0.4 is 5.19 Å². The minimum atomic E-state index is -1.56. The fourth-order valence-corrected chi connectivity index (χ4v) is 6.73. The van der Waals surface area contributed by atoms with Gasteiger partial charge in [0.2, 0.25) is 0 Å². The Morgan fingerprint density at radius 2 is 1.85 bits per heavy atom. The summed E-state index contributed by atoms with van der Waals surface area (Å²) in [5, 5.41) is 1.48. The molecule has 0 saturated carbocycles. The molecule has 1 atom stereocenters. The summed E-state index contributed by atoms with van der Waals surface area (Å²) in [7, 11) is -0.146. The van der Waals surface area contributed by atoms with E-state index in [1.54, 1.807) is 6.08 Å². The van der Waals surface area contributed by atoms with Crippen molar-refractivity contribution < 1.29 is 9.53 Å². The summed E-state index contributed by atoms with van der Waals surface area (Å²) >= 11 is 0. The van der Waals surface area contributed by atoms with Crippen LogP contribution in [0.15, 0.2) is 42.5 Å². The van der Waals surface area contributed by atoms with E-state index in [4.69, 9.17) is 0 Å². The summed E-state index contributed by atoms with van der Waals surface area (Å²) in [5.74, 6) is 0.325. The lowest BCUT2D eigenvalue weighted by atomic mass is 10.1. The molecule has 0 aromatic heterocycles. The predicted octanol–water partition coefficient (Wildman–Crippen LogP) is 3.75. The van der Waals surface area contributed by atoms with E-state index in [2.05, 4.69) is 62.0 Å². The van der Waals surface area contributed by atoms with Gasteiger partial charge in [-0.2, -0.15) is 0 Å². The normalized spacial score (nSPS) is 13.7. The second-order valence-corrected chi connectivity index (χ2v) is 10.9. The number of benzene rings is 1. The van der Waals surface area contributed by atoms with Gasteiger partial charge in [0, 0.05) is 6.08 Å². The maximum Gasteiger partial charge on any atom is 0.330 e. The van der Waals surface area contributed by atoms with Gasteiger partial charge in [-0.15, -0.1) is 0 Å². The van der Waals surface area contributed by atoms with Crippen LogP contribution in [0, 0.1) is 5.92 Å². The fraction of sp³-hybridized carbons (Fsp3) is 0.471. The smallest absolute Gasteiger partial charge is 0.330 e. The van der Waals surface area contributed by atoms with E-state index >= 15 is 0 Å². The summed E-state index contributed by atoms with van der Waals surface area (Å²) in [6, 6.07) is 10.8. The second-order valence-electron chi connectivity index (χ2n) is 6.10. The summed E-state index contributed by atoms with van der Waals surface area (Å²) in [6.45, 7) is 9.38. The minimum Gasteiger partial charge on any atom is -0.466 e. The topological polar surface area (TPSA) is 26.3 Å². The molecule has 1 rings (SSSR count). The number of esters is 1. The fourth-order valence-electron chi connectivity index (χ4n) is 2.86. The molecule has 0 aliphatic heterocycles. The zero-order chi connectivity index (χ0) is 15.2. The molecule has 0 radical (unpaired) electrons. The molecule has 0 aliphatic rings.